The minimum Gasteiger partial charge on any atom is -0.308 e. The lowest BCUT2D eigenvalue weighted by molar-refractivity contribution is 0.526. The first-order valence-electron chi connectivity index (χ1n) is 7.19. The van der Waals surface area contributed by atoms with Gasteiger partial charge in [-0.05, 0) is 54.2 Å². The summed E-state index contributed by atoms with van der Waals surface area (Å²) >= 11 is 6.05. The second-order valence-electron chi connectivity index (χ2n) is 5.36. The lowest BCUT2D eigenvalue weighted by atomic mass is 10.1. The summed E-state index contributed by atoms with van der Waals surface area (Å²) in [4.78, 5) is 4.49. The van der Waals surface area contributed by atoms with E-state index in [4.69, 9.17) is 11.6 Å². The number of fused-ring (bicyclic) bond motifs is 1. The normalized spacial score (nSPS) is 17.2. The zero-order valence-corrected chi connectivity index (χ0v) is 12.5. The molecule has 1 unspecified atom stereocenters. The molecule has 0 saturated carbocycles. The van der Waals surface area contributed by atoms with E-state index >= 15 is 0 Å². The van der Waals surface area contributed by atoms with Gasteiger partial charge in [0.1, 0.15) is 0 Å². The Morgan fingerprint density at radius 2 is 2.10 bits per heavy atom. The molecule has 1 aliphatic rings. The minimum absolute atomic E-state index is 0.496. The molecule has 1 N–H and O–H groups in total. The molecule has 1 heterocycles. The highest BCUT2D eigenvalue weighted by Gasteiger charge is 2.21. The van der Waals surface area contributed by atoms with Gasteiger partial charge >= 0.3 is 0 Å². The van der Waals surface area contributed by atoms with Crippen molar-refractivity contribution in [3.8, 4) is 0 Å². The molecule has 0 spiro atoms. The van der Waals surface area contributed by atoms with Gasteiger partial charge in [0.2, 0.25) is 0 Å². The summed E-state index contributed by atoms with van der Waals surface area (Å²) in [5, 5.41) is 4.47. The Morgan fingerprint density at radius 3 is 2.95 bits per heavy atom. The lowest BCUT2D eigenvalue weighted by Crippen LogP contribution is -2.29. The maximum atomic E-state index is 6.05. The average Bonchev–Trinajstić information content (AvgIpc) is 2.87. The fraction of sp³-hybridized carbons (Fsp3) is 0.353. The van der Waals surface area contributed by atoms with Gasteiger partial charge in [-0.25, -0.2) is 0 Å². The van der Waals surface area contributed by atoms with Crippen LogP contribution in [0.5, 0.6) is 0 Å². The third-order valence-electron chi connectivity index (χ3n) is 4.02. The van der Waals surface area contributed by atoms with E-state index in [0.717, 1.165) is 30.8 Å². The van der Waals surface area contributed by atoms with Gasteiger partial charge in [0.05, 0.1) is 5.69 Å². The highest BCUT2D eigenvalue weighted by molar-refractivity contribution is 6.30. The maximum Gasteiger partial charge on any atom is 0.0573 e. The van der Waals surface area contributed by atoms with Crippen LogP contribution in [0.25, 0.3) is 0 Å². The van der Waals surface area contributed by atoms with Gasteiger partial charge in [0.25, 0.3) is 0 Å². The van der Waals surface area contributed by atoms with Gasteiger partial charge in [0, 0.05) is 23.8 Å². The largest absolute Gasteiger partial charge is 0.308 e. The molecule has 20 heavy (non-hydrogen) atoms. The highest BCUT2D eigenvalue weighted by Crippen LogP contribution is 2.25. The first-order chi connectivity index (χ1) is 9.76. The zero-order valence-electron chi connectivity index (χ0n) is 11.7. The second-order valence-corrected chi connectivity index (χ2v) is 5.80. The number of nitrogens with zero attached hydrogens (tertiary/aromatic N) is 1. The van der Waals surface area contributed by atoms with E-state index < -0.39 is 0 Å². The Hall–Kier alpha value is -1.38. The zero-order chi connectivity index (χ0) is 13.9. The van der Waals surface area contributed by atoms with E-state index in [-0.39, 0.29) is 0 Å². The van der Waals surface area contributed by atoms with Crippen molar-refractivity contribution in [3.63, 3.8) is 0 Å². The van der Waals surface area contributed by atoms with Crippen LogP contribution in [0.3, 0.4) is 0 Å². The third kappa shape index (κ3) is 2.87. The molecule has 0 saturated heterocycles. The van der Waals surface area contributed by atoms with Gasteiger partial charge in [-0.2, -0.15) is 0 Å². The van der Waals surface area contributed by atoms with Crippen molar-refractivity contribution in [2.75, 3.05) is 0 Å². The van der Waals surface area contributed by atoms with E-state index in [1.165, 1.54) is 22.4 Å². The fourth-order valence-electron chi connectivity index (χ4n) is 2.92. The number of aryl methyl sites for hydroxylation is 1. The molecule has 0 aliphatic heterocycles. The highest BCUT2D eigenvalue weighted by atomic mass is 35.5. The van der Waals surface area contributed by atoms with Crippen molar-refractivity contribution in [3.05, 3.63) is 63.9 Å². The summed E-state index contributed by atoms with van der Waals surface area (Å²) in [5.74, 6) is 0. The number of rotatable bonds is 4. The van der Waals surface area contributed by atoms with Crippen LogP contribution in [0, 0.1) is 0 Å². The first-order valence-corrected chi connectivity index (χ1v) is 7.57. The summed E-state index contributed by atoms with van der Waals surface area (Å²) in [6.07, 6.45) is 5.05. The number of benzene rings is 1. The van der Waals surface area contributed by atoms with Crippen LogP contribution in [0.2, 0.25) is 5.02 Å². The molecule has 3 rings (SSSR count). The molecule has 1 atom stereocenters. The molecule has 0 fully saturated rings. The predicted molar refractivity (Wildman–Crippen MR) is 83.1 cm³/mol. The Labute approximate surface area is 125 Å². The van der Waals surface area contributed by atoms with E-state index in [1.54, 1.807) is 0 Å². The monoisotopic (exact) mass is 286 g/mol. The predicted octanol–water partition coefficient (Wildman–Crippen LogP) is 3.55. The van der Waals surface area contributed by atoms with Crippen LogP contribution in [0.4, 0.5) is 0 Å². The summed E-state index contributed by atoms with van der Waals surface area (Å²) in [6.45, 7) is 3.02. The van der Waals surface area contributed by atoms with Crippen molar-refractivity contribution in [2.24, 2.45) is 0 Å². The van der Waals surface area contributed by atoms with E-state index in [2.05, 4.69) is 35.4 Å². The number of pyridine rings is 1. The Morgan fingerprint density at radius 1 is 1.25 bits per heavy atom. The van der Waals surface area contributed by atoms with Crippen LogP contribution in [0.1, 0.15) is 29.3 Å². The molecular formula is C17H19ClN2. The second kappa shape index (κ2) is 5.94. The van der Waals surface area contributed by atoms with Gasteiger partial charge in [-0.1, -0.05) is 30.7 Å². The first kappa shape index (κ1) is 13.6. The molecule has 1 aliphatic carbocycles. The Balaban J connectivity index is 1.64. The van der Waals surface area contributed by atoms with E-state index in [9.17, 15) is 0 Å². The number of aromatic nitrogens is 1. The number of nitrogens with one attached hydrogen (secondary N) is 1. The van der Waals surface area contributed by atoms with Gasteiger partial charge in [-0.3, -0.25) is 4.98 Å². The molecular weight excluding hydrogens is 268 g/mol. The Bertz CT molecular complexity index is 610. The summed E-state index contributed by atoms with van der Waals surface area (Å²) < 4.78 is 0. The van der Waals surface area contributed by atoms with Gasteiger partial charge in [0.15, 0.2) is 0 Å². The van der Waals surface area contributed by atoms with Crippen molar-refractivity contribution in [2.45, 2.75) is 38.8 Å². The van der Waals surface area contributed by atoms with E-state index in [0.29, 0.717) is 6.04 Å². The summed E-state index contributed by atoms with van der Waals surface area (Å²) in [6, 6.07) is 10.9. The quantitative estimate of drug-likeness (QED) is 0.930. The van der Waals surface area contributed by atoms with Crippen molar-refractivity contribution >= 4 is 11.6 Å². The topological polar surface area (TPSA) is 24.9 Å². The van der Waals surface area contributed by atoms with Crippen molar-refractivity contribution < 1.29 is 0 Å². The van der Waals surface area contributed by atoms with Crippen LogP contribution in [-0.4, -0.2) is 11.0 Å². The molecule has 1 aromatic heterocycles. The molecule has 2 aromatic rings. The van der Waals surface area contributed by atoms with Crippen LogP contribution < -0.4 is 5.32 Å². The number of hydrogen-bond acceptors (Lipinski definition) is 2. The van der Waals surface area contributed by atoms with Crippen molar-refractivity contribution in [1.82, 2.24) is 10.3 Å². The maximum absolute atomic E-state index is 6.05. The average molecular weight is 287 g/mol. The molecule has 0 amide bonds. The molecule has 0 radical (unpaired) electrons. The van der Waals surface area contributed by atoms with Gasteiger partial charge in [-0.15, -0.1) is 0 Å². The Kier molecular flexibility index (Phi) is 4.04. The van der Waals surface area contributed by atoms with Crippen LogP contribution in [-0.2, 0) is 25.8 Å². The van der Waals surface area contributed by atoms with E-state index in [1.807, 2.05) is 18.3 Å². The van der Waals surface area contributed by atoms with Crippen LogP contribution in [0.15, 0.2) is 36.5 Å². The van der Waals surface area contributed by atoms with Gasteiger partial charge < -0.3 is 5.32 Å². The standard InChI is InChI=1S/C17H19ClN2/c1-2-12-4-3-7-19-17(12)11-20-16-9-13-5-6-15(18)8-14(13)10-16/h3-8,16,20H,2,9-11H2,1H3. The molecule has 2 nitrogen and oxygen atoms in total. The number of halogens is 1. The molecule has 104 valence electrons. The fourth-order valence-corrected chi connectivity index (χ4v) is 3.12. The SMILES string of the molecule is CCc1cccnc1CNC1Cc2ccc(Cl)cc2C1. The molecule has 0 bridgehead atoms. The third-order valence-corrected chi connectivity index (χ3v) is 4.26. The number of hydrogen-bond donors (Lipinski definition) is 1. The summed E-state index contributed by atoms with van der Waals surface area (Å²) in [5.41, 5.74) is 5.30. The molecule has 3 heteroatoms. The van der Waals surface area contributed by atoms with Crippen LogP contribution >= 0.6 is 11.6 Å². The lowest BCUT2D eigenvalue weighted by Gasteiger charge is -2.13. The summed E-state index contributed by atoms with van der Waals surface area (Å²) in [7, 11) is 0. The van der Waals surface area contributed by atoms with Crippen molar-refractivity contribution in [1.29, 1.82) is 0 Å². The minimum atomic E-state index is 0.496. The molecule has 1 aromatic carbocycles. The smallest absolute Gasteiger partial charge is 0.0573 e.